The van der Waals surface area contributed by atoms with E-state index in [9.17, 15) is 0 Å². The SMILES string of the molecule is CNCCCCCNC.CNCCCCNC. The van der Waals surface area contributed by atoms with Crippen LogP contribution in [0.4, 0.5) is 0 Å². The Morgan fingerprint density at radius 3 is 0.882 bits per heavy atom. The first-order valence-electron chi connectivity index (χ1n) is 6.91. The molecule has 4 heteroatoms. The monoisotopic (exact) mass is 246 g/mol. The molecule has 4 nitrogen and oxygen atoms in total. The quantitative estimate of drug-likeness (QED) is 0.407. The molecule has 0 aliphatic rings. The zero-order valence-electron chi connectivity index (χ0n) is 12.4. The lowest BCUT2D eigenvalue weighted by molar-refractivity contribution is 0.619. The molecule has 0 saturated carbocycles. The molecule has 0 aromatic rings. The topological polar surface area (TPSA) is 48.1 Å². The lowest BCUT2D eigenvalue weighted by atomic mass is 10.2. The zero-order chi connectivity index (χ0) is 13.2. The van der Waals surface area contributed by atoms with Crippen LogP contribution in [0.3, 0.4) is 0 Å². The largest absolute Gasteiger partial charge is 0.320 e. The van der Waals surface area contributed by atoms with E-state index >= 15 is 0 Å². The third kappa shape index (κ3) is 25.8. The molecule has 4 N–H and O–H groups in total. The van der Waals surface area contributed by atoms with Gasteiger partial charge in [-0.15, -0.1) is 0 Å². The number of unbranched alkanes of at least 4 members (excludes halogenated alkanes) is 3. The van der Waals surface area contributed by atoms with Gasteiger partial charge in [-0.05, 0) is 80.1 Å². The van der Waals surface area contributed by atoms with Crippen molar-refractivity contribution in [3.8, 4) is 0 Å². The van der Waals surface area contributed by atoms with Gasteiger partial charge in [0.1, 0.15) is 0 Å². The minimum absolute atomic E-state index is 1.14. The van der Waals surface area contributed by atoms with Crippen LogP contribution in [0.25, 0.3) is 0 Å². The third-order valence-electron chi connectivity index (χ3n) is 2.46. The first-order chi connectivity index (χ1) is 8.33. The Bertz CT molecular complexity index is 97.6. The van der Waals surface area contributed by atoms with E-state index in [1.807, 2.05) is 28.2 Å². The predicted octanol–water partition coefficient (Wildman–Crippen LogP) is 0.801. The van der Waals surface area contributed by atoms with Crippen molar-refractivity contribution in [1.29, 1.82) is 0 Å². The Labute approximate surface area is 108 Å². The van der Waals surface area contributed by atoms with Crippen molar-refractivity contribution in [3.05, 3.63) is 0 Å². The molecule has 0 unspecified atom stereocenters. The fourth-order valence-electron chi connectivity index (χ4n) is 1.38. The molecular formula is C13H34N4. The zero-order valence-corrected chi connectivity index (χ0v) is 12.4. The highest BCUT2D eigenvalue weighted by Gasteiger charge is 1.84. The van der Waals surface area contributed by atoms with E-state index in [2.05, 4.69) is 21.3 Å². The van der Waals surface area contributed by atoms with E-state index < -0.39 is 0 Å². The van der Waals surface area contributed by atoms with Gasteiger partial charge in [-0.25, -0.2) is 0 Å². The minimum Gasteiger partial charge on any atom is -0.320 e. The van der Waals surface area contributed by atoms with Crippen LogP contribution < -0.4 is 21.3 Å². The molecule has 0 aromatic carbocycles. The molecular weight excluding hydrogens is 212 g/mol. The second-order valence-corrected chi connectivity index (χ2v) is 4.18. The Balaban J connectivity index is 0. The highest BCUT2D eigenvalue weighted by Crippen LogP contribution is 1.90. The fourth-order valence-corrected chi connectivity index (χ4v) is 1.38. The molecule has 106 valence electrons. The molecule has 0 aromatic heterocycles. The summed E-state index contributed by atoms with van der Waals surface area (Å²) >= 11 is 0. The van der Waals surface area contributed by atoms with E-state index in [0.29, 0.717) is 0 Å². The smallest absolute Gasteiger partial charge is 0.00515 e. The number of rotatable bonds is 11. The van der Waals surface area contributed by atoms with Crippen LogP contribution in [-0.2, 0) is 0 Å². The van der Waals surface area contributed by atoms with Gasteiger partial charge in [-0.1, -0.05) is 6.42 Å². The summed E-state index contributed by atoms with van der Waals surface area (Å²) in [5.74, 6) is 0. The van der Waals surface area contributed by atoms with Crippen LogP contribution in [0, 0.1) is 0 Å². The molecule has 0 spiro atoms. The normalized spacial score (nSPS) is 9.88. The van der Waals surface area contributed by atoms with Gasteiger partial charge in [0.05, 0.1) is 0 Å². The van der Waals surface area contributed by atoms with Gasteiger partial charge in [0.15, 0.2) is 0 Å². The highest BCUT2D eigenvalue weighted by molar-refractivity contribution is 4.45. The van der Waals surface area contributed by atoms with Crippen LogP contribution in [0.1, 0.15) is 32.1 Å². The van der Waals surface area contributed by atoms with Gasteiger partial charge < -0.3 is 21.3 Å². The molecule has 0 bridgehead atoms. The van der Waals surface area contributed by atoms with Crippen molar-refractivity contribution >= 4 is 0 Å². The minimum atomic E-state index is 1.14. The van der Waals surface area contributed by atoms with E-state index in [-0.39, 0.29) is 0 Å². The predicted molar refractivity (Wildman–Crippen MR) is 78.8 cm³/mol. The summed E-state index contributed by atoms with van der Waals surface area (Å²) in [5, 5.41) is 12.4. The molecule has 0 rings (SSSR count). The second-order valence-electron chi connectivity index (χ2n) is 4.18. The molecule has 0 atom stereocenters. The lowest BCUT2D eigenvalue weighted by Crippen LogP contribution is -2.12. The van der Waals surface area contributed by atoms with Crippen LogP contribution in [-0.4, -0.2) is 54.4 Å². The lowest BCUT2D eigenvalue weighted by Gasteiger charge is -1.98. The molecule has 0 aliphatic carbocycles. The first kappa shape index (κ1) is 19.2. The molecule has 0 heterocycles. The van der Waals surface area contributed by atoms with Gasteiger partial charge >= 0.3 is 0 Å². The van der Waals surface area contributed by atoms with Crippen molar-refractivity contribution in [1.82, 2.24) is 21.3 Å². The molecule has 17 heavy (non-hydrogen) atoms. The number of hydrogen-bond donors (Lipinski definition) is 4. The number of nitrogens with one attached hydrogen (secondary N) is 4. The Morgan fingerprint density at radius 2 is 0.647 bits per heavy atom. The van der Waals surface area contributed by atoms with Crippen molar-refractivity contribution in [2.45, 2.75) is 32.1 Å². The Kier molecular flexibility index (Phi) is 23.9. The molecule has 0 amide bonds. The molecule has 0 fully saturated rings. The van der Waals surface area contributed by atoms with Crippen molar-refractivity contribution in [3.63, 3.8) is 0 Å². The van der Waals surface area contributed by atoms with E-state index in [4.69, 9.17) is 0 Å². The highest BCUT2D eigenvalue weighted by atomic mass is 14.8. The van der Waals surface area contributed by atoms with E-state index in [1.165, 1.54) is 32.1 Å². The first-order valence-corrected chi connectivity index (χ1v) is 6.91. The van der Waals surface area contributed by atoms with Crippen LogP contribution in [0.15, 0.2) is 0 Å². The summed E-state index contributed by atoms with van der Waals surface area (Å²) < 4.78 is 0. The van der Waals surface area contributed by atoms with Crippen molar-refractivity contribution < 1.29 is 0 Å². The van der Waals surface area contributed by atoms with Crippen LogP contribution in [0.5, 0.6) is 0 Å². The molecule has 0 saturated heterocycles. The summed E-state index contributed by atoms with van der Waals surface area (Å²) in [6.45, 7) is 4.59. The fraction of sp³-hybridized carbons (Fsp3) is 1.00. The van der Waals surface area contributed by atoms with Gasteiger partial charge in [0, 0.05) is 0 Å². The van der Waals surface area contributed by atoms with Gasteiger partial charge in [-0.2, -0.15) is 0 Å². The summed E-state index contributed by atoms with van der Waals surface area (Å²) in [6, 6.07) is 0. The average molecular weight is 246 g/mol. The van der Waals surface area contributed by atoms with Crippen molar-refractivity contribution in [2.24, 2.45) is 0 Å². The standard InChI is InChI=1S/C7H18N2.C6H16N2/c1-8-6-4-3-5-7-9-2;1-7-5-3-4-6-8-2/h8-9H,3-7H2,1-2H3;7-8H,3-6H2,1-2H3. The average Bonchev–Trinajstić information content (AvgIpc) is 2.36. The van der Waals surface area contributed by atoms with Crippen molar-refractivity contribution in [2.75, 3.05) is 54.4 Å². The maximum Gasteiger partial charge on any atom is -0.00515 e. The molecule has 0 aliphatic heterocycles. The van der Waals surface area contributed by atoms with Crippen LogP contribution >= 0.6 is 0 Å². The van der Waals surface area contributed by atoms with Crippen LogP contribution in [0.2, 0.25) is 0 Å². The summed E-state index contributed by atoms with van der Waals surface area (Å²) in [5.41, 5.74) is 0. The Morgan fingerprint density at radius 1 is 0.412 bits per heavy atom. The third-order valence-corrected chi connectivity index (χ3v) is 2.46. The van der Waals surface area contributed by atoms with E-state index in [0.717, 1.165) is 26.2 Å². The van der Waals surface area contributed by atoms with Gasteiger partial charge in [0.25, 0.3) is 0 Å². The van der Waals surface area contributed by atoms with Gasteiger partial charge in [-0.3, -0.25) is 0 Å². The summed E-state index contributed by atoms with van der Waals surface area (Å²) in [4.78, 5) is 0. The summed E-state index contributed by atoms with van der Waals surface area (Å²) in [6.07, 6.45) is 6.49. The van der Waals surface area contributed by atoms with E-state index in [1.54, 1.807) is 0 Å². The maximum absolute atomic E-state index is 3.12. The van der Waals surface area contributed by atoms with Gasteiger partial charge in [0.2, 0.25) is 0 Å². The number of hydrogen-bond acceptors (Lipinski definition) is 4. The summed E-state index contributed by atoms with van der Waals surface area (Å²) in [7, 11) is 7.97. The maximum atomic E-state index is 3.12. The molecule has 0 radical (unpaired) electrons. The Hall–Kier alpha value is -0.160. The second kappa shape index (κ2) is 21.2.